The zero-order chi connectivity index (χ0) is 7.40. The highest BCUT2D eigenvalue weighted by atomic mass is 15.1. The Morgan fingerprint density at radius 3 is 2.10 bits per heavy atom. The SMILES string of the molecule is CC1CCCN(C)CCC1. The van der Waals surface area contributed by atoms with Gasteiger partial charge in [-0.05, 0) is 51.7 Å². The molecule has 1 saturated heterocycles. The lowest BCUT2D eigenvalue weighted by Gasteiger charge is -2.22. The Morgan fingerprint density at radius 1 is 1.10 bits per heavy atom. The van der Waals surface area contributed by atoms with Crippen LogP contribution in [0.3, 0.4) is 0 Å². The van der Waals surface area contributed by atoms with E-state index in [1.165, 1.54) is 38.8 Å². The molecule has 0 N–H and O–H groups in total. The number of hydrogen-bond donors (Lipinski definition) is 0. The average molecular weight is 141 g/mol. The minimum atomic E-state index is 0.980. The third kappa shape index (κ3) is 2.70. The Kier molecular flexibility index (Phi) is 3.20. The van der Waals surface area contributed by atoms with Crippen LogP contribution < -0.4 is 0 Å². The van der Waals surface area contributed by atoms with Crippen molar-refractivity contribution in [2.75, 3.05) is 20.1 Å². The average Bonchev–Trinajstić information content (AvgIpc) is 1.84. The lowest BCUT2D eigenvalue weighted by molar-refractivity contribution is 0.270. The molecule has 1 fully saturated rings. The van der Waals surface area contributed by atoms with Gasteiger partial charge in [0.2, 0.25) is 0 Å². The molecule has 1 aliphatic heterocycles. The van der Waals surface area contributed by atoms with E-state index in [1.54, 1.807) is 0 Å². The molecule has 60 valence electrons. The summed E-state index contributed by atoms with van der Waals surface area (Å²) in [5.74, 6) is 0.980. The van der Waals surface area contributed by atoms with Gasteiger partial charge in [0, 0.05) is 0 Å². The second kappa shape index (κ2) is 3.97. The number of hydrogen-bond acceptors (Lipinski definition) is 1. The van der Waals surface area contributed by atoms with Crippen molar-refractivity contribution in [2.45, 2.75) is 32.6 Å². The minimum absolute atomic E-state index is 0.980. The predicted molar refractivity (Wildman–Crippen MR) is 45.1 cm³/mol. The molecule has 0 aliphatic carbocycles. The van der Waals surface area contributed by atoms with E-state index < -0.39 is 0 Å². The Morgan fingerprint density at radius 2 is 1.60 bits per heavy atom. The van der Waals surface area contributed by atoms with E-state index >= 15 is 0 Å². The summed E-state index contributed by atoms with van der Waals surface area (Å²) in [6.45, 7) is 5.00. The molecular formula is C9H19N. The molecule has 0 radical (unpaired) electrons. The van der Waals surface area contributed by atoms with Crippen LogP contribution in [0, 0.1) is 5.92 Å². The van der Waals surface area contributed by atoms with Crippen molar-refractivity contribution >= 4 is 0 Å². The third-order valence-electron chi connectivity index (χ3n) is 2.47. The zero-order valence-corrected chi connectivity index (χ0v) is 7.27. The molecule has 0 saturated carbocycles. The van der Waals surface area contributed by atoms with Crippen LogP contribution in [0.25, 0.3) is 0 Å². The highest BCUT2D eigenvalue weighted by molar-refractivity contribution is 4.62. The summed E-state index contributed by atoms with van der Waals surface area (Å²) >= 11 is 0. The summed E-state index contributed by atoms with van der Waals surface area (Å²) in [5.41, 5.74) is 0. The van der Waals surface area contributed by atoms with E-state index in [2.05, 4.69) is 18.9 Å². The fraction of sp³-hybridized carbons (Fsp3) is 1.00. The van der Waals surface area contributed by atoms with Gasteiger partial charge in [0.05, 0.1) is 0 Å². The van der Waals surface area contributed by atoms with Crippen LogP contribution in [-0.4, -0.2) is 25.0 Å². The van der Waals surface area contributed by atoms with Crippen molar-refractivity contribution in [3.05, 3.63) is 0 Å². The van der Waals surface area contributed by atoms with E-state index in [0.717, 1.165) is 5.92 Å². The van der Waals surface area contributed by atoms with Crippen LogP contribution in [0.5, 0.6) is 0 Å². The van der Waals surface area contributed by atoms with Crippen LogP contribution in [0.1, 0.15) is 32.6 Å². The molecule has 1 rings (SSSR count). The summed E-state index contributed by atoms with van der Waals surface area (Å²) in [7, 11) is 2.23. The molecule has 1 nitrogen and oxygen atoms in total. The molecule has 1 heterocycles. The van der Waals surface area contributed by atoms with Crippen LogP contribution >= 0.6 is 0 Å². The van der Waals surface area contributed by atoms with Gasteiger partial charge in [-0.25, -0.2) is 0 Å². The highest BCUT2D eigenvalue weighted by Gasteiger charge is 2.07. The smallest absolute Gasteiger partial charge is 0.00217 e. The molecule has 0 unspecified atom stereocenters. The first-order valence-corrected chi connectivity index (χ1v) is 4.47. The van der Waals surface area contributed by atoms with Crippen molar-refractivity contribution in [3.8, 4) is 0 Å². The molecule has 0 aromatic carbocycles. The van der Waals surface area contributed by atoms with Crippen molar-refractivity contribution in [3.63, 3.8) is 0 Å². The number of nitrogens with zero attached hydrogens (tertiary/aromatic N) is 1. The molecule has 1 heteroatoms. The van der Waals surface area contributed by atoms with Gasteiger partial charge in [-0.1, -0.05) is 6.92 Å². The summed E-state index contributed by atoms with van der Waals surface area (Å²) in [6.07, 6.45) is 5.67. The lowest BCUT2D eigenvalue weighted by Crippen LogP contribution is -2.23. The van der Waals surface area contributed by atoms with E-state index in [9.17, 15) is 0 Å². The topological polar surface area (TPSA) is 3.24 Å². The van der Waals surface area contributed by atoms with Gasteiger partial charge in [0.1, 0.15) is 0 Å². The van der Waals surface area contributed by atoms with Gasteiger partial charge >= 0.3 is 0 Å². The second-order valence-electron chi connectivity index (χ2n) is 3.69. The fourth-order valence-electron chi connectivity index (χ4n) is 1.68. The molecule has 0 amide bonds. The molecule has 0 atom stereocenters. The zero-order valence-electron chi connectivity index (χ0n) is 7.27. The maximum atomic E-state index is 2.45. The van der Waals surface area contributed by atoms with Gasteiger partial charge in [0.25, 0.3) is 0 Å². The first-order chi connectivity index (χ1) is 4.79. The summed E-state index contributed by atoms with van der Waals surface area (Å²) in [6, 6.07) is 0. The molecule has 0 aromatic heterocycles. The van der Waals surface area contributed by atoms with Crippen LogP contribution in [-0.2, 0) is 0 Å². The molecule has 1 aliphatic rings. The Hall–Kier alpha value is -0.0400. The van der Waals surface area contributed by atoms with Gasteiger partial charge in [-0.3, -0.25) is 0 Å². The fourth-order valence-corrected chi connectivity index (χ4v) is 1.68. The van der Waals surface area contributed by atoms with Crippen molar-refractivity contribution < 1.29 is 0 Å². The van der Waals surface area contributed by atoms with E-state index in [0.29, 0.717) is 0 Å². The highest BCUT2D eigenvalue weighted by Crippen LogP contribution is 2.15. The predicted octanol–water partition coefficient (Wildman–Crippen LogP) is 2.13. The molecule has 0 spiro atoms. The Balaban J connectivity index is 2.21. The van der Waals surface area contributed by atoms with Crippen molar-refractivity contribution in [1.82, 2.24) is 4.90 Å². The molecule has 0 bridgehead atoms. The monoisotopic (exact) mass is 141 g/mol. The number of likely N-dealkylation sites (tertiary alicyclic amines) is 1. The molecule has 0 aromatic rings. The quantitative estimate of drug-likeness (QED) is 0.499. The van der Waals surface area contributed by atoms with E-state index in [4.69, 9.17) is 0 Å². The minimum Gasteiger partial charge on any atom is -0.306 e. The Labute approximate surface area is 64.4 Å². The summed E-state index contributed by atoms with van der Waals surface area (Å²) < 4.78 is 0. The van der Waals surface area contributed by atoms with Crippen LogP contribution in [0.4, 0.5) is 0 Å². The maximum absolute atomic E-state index is 2.45. The Bertz CT molecular complexity index is 70.7. The largest absolute Gasteiger partial charge is 0.306 e. The van der Waals surface area contributed by atoms with Gasteiger partial charge in [-0.15, -0.1) is 0 Å². The van der Waals surface area contributed by atoms with Crippen molar-refractivity contribution in [1.29, 1.82) is 0 Å². The molecule has 10 heavy (non-hydrogen) atoms. The van der Waals surface area contributed by atoms with Gasteiger partial charge < -0.3 is 4.90 Å². The van der Waals surface area contributed by atoms with Crippen LogP contribution in [0.15, 0.2) is 0 Å². The standard InChI is InChI=1S/C9H19N/c1-9-5-3-7-10(2)8-4-6-9/h9H,3-8H2,1-2H3. The van der Waals surface area contributed by atoms with E-state index in [1.807, 2.05) is 0 Å². The summed E-state index contributed by atoms with van der Waals surface area (Å²) in [5, 5.41) is 0. The second-order valence-corrected chi connectivity index (χ2v) is 3.69. The first kappa shape index (κ1) is 8.06. The normalized spacial score (nSPS) is 25.8. The molecular weight excluding hydrogens is 122 g/mol. The van der Waals surface area contributed by atoms with E-state index in [-0.39, 0.29) is 0 Å². The van der Waals surface area contributed by atoms with Gasteiger partial charge in [-0.2, -0.15) is 0 Å². The maximum Gasteiger partial charge on any atom is -0.00217 e. The van der Waals surface area contributed by atoms with Crippen molar-refractivity contribution in [2.24, 2.45) is 5.92 Å². The third-order valence-corrected chi connectivity index (χ3v) is 2.47. The van der Waals surface area contributed by atoms with Crippen LogP contribution in [0.2, 0.25) is 0 Å². The summed E-state index contributed by atoms with van der Waals surface area (Å²) in [4.78, 5) is 2.45. The number of rotatable bonds is 0. The first-order valence-electron chi connectivity index (χ1n) is 4.47. The van der Waals surface area contributed by atoms with Gasteiger partial charge in [0.15, 0.2) is 0 Å². The lowest BCUT2D eigenvalue weighted by atomic mass is 9.98.